The molecule has 0 unspecified atom stereocenters. The molecule has 0 aliphatic heterocycles. The predicted octanol–water partition coefficient (Wildman–Crippen LogP) is 4.69. The van der Waals surface area contributed by atoms with E-state index in [-0.39, 0.29) is 4.90 Å². The summed E-state index contributed by atoms with van der Waals surface area (Å²) >= 11 is 0. The van der Waals surface area contributed by atoms with Crippen molar-refractivity contribution in [2.45, 2.75) is 18.2 Å². The van der Waals surface area contributed by atoms with Crippen LogP contribution in [0.5, 0.6) is 0 Å². The van der Waals surface area contributed by atoms with E-state index in [2.05, 4.69) is 4.98 Å². The van der Waals surface area contributed by atoms with Crippen LogP contribution >= 0.6 is 0 Å². The molecule has 0 spiro atoms. The lowest BCUT2D eigenvalue weighted by Crippen LogP contribution is -2.11. The minimum Gasteiger partial charge on any atom is -0.440 e. The summed E-state index contributed by atoms with van der Waals surface area (Å²) in [5.41, 5.74) is 3.05. The largest absolute Gasteiger partial charge is 0.440 e. The van der Waals surface area contributed by atoms with Crippen molar-refractivity contribution >= 4 is 10.0 Å². The Hall–Kier alpha value is -3.29. The molecular formula is C23H19FN2O3S. The zero-order valence-corrected chi connectivity index (χ0v) is 17.0. The Morgan fingerprint density at radius 3 is 2.33 bits per heavy atom. The standard InChI is InChI=1S/C23H19FN2O3S/c1-15-7-12-19(20(24)13-15)22-23(17-8-10-18(11-9-17)30(25,27)28)29-21(26-22)14-16-5-3-2-4-6-16/h2-13H,14H2,1H3,(H2,25,27,28). The Morgan fingerprint density at radius 1 is 1.00 bits per heavy atom. The molecule has 3 aromatic carbocycles. The highest BCUT2D eigenvalue weighted by Crippen LogP contribution is 2.35. The topological polar surface area (TPSA) is 86.2 Å². The molecule has 0 bridgehead atoms. The summed E-state index contributed by atoms with van der Waals surface area (Å²) in [5.74, 6) is 0.392. The molecule has 152 valence electrons. The fraction of sp³-hybridized carbons (Fsp3) is 0.0870. The van der Waals surface area contributed by atoms with Gasteiger partial charge in [0.2, 0.25) is 10.0 Å². The monoisotopic (exact) mass is 422 g/mol. The van der Waals surface area contributed by atoms with Gasteiger partial charge in [0, 0.05) is 17.5 Å². The van der Waals surface area contributed by atoms with Gasteiger partial charge in [0.1, 0.15) is 11.5 Å². The van der Waals surface area contributed by atoms with E-state index in [1.165, 1.54) is 18.2 Å². The van der Waals surface area contributed by atoms with Gasteiger partial charge in [-0.25, -0.2) is 22.9 Å². The number of halogens is 1. The summed E-state index contributed by atoms with van der Waals surface area (Å²) < 4.78 is 43.8. The van der Waals surface area contributed by atoms with E-state index in [0.29, 0.717) is 34.9 Å². The van der Waals surface area contributed by atoms with Crippen molar-refractivity contribution in [3.63, 3.8) is 0 Å². The van der Waals surface area contributed by atoms with Crippen LogP contribution < -0.4 is 5.14 Å². The Balaban J connectivity index is 1.83. The Kier molecular flexibility index (Phi) is 5.24. The highest BCUT2D eigenvalue weighted by molar-refractivity contribution is 7.89. The molecule has 1 heterocycles. The zero-order chi connectivity index (χ0) is 21.3. The van der Waals surface area contributed by atoms with Crippen LogP contribution in [0.2, 0.25) is 0 Å². The molecule has 30 heavy (non-hydrogen) atoms. The number of hydrogen-bond acceptors (Lipinski definition) is 4. The minimum atomic E-state index is -3.82. The lowest BCUT2D eigenvalue weighted by atomic mass is 10.0. The molecule has 5 nitrogen and oxygen atoms in total. The summed E-state index contributed by atoms with van der Waals surface area (Å²) in [6, 6.07) is 20.5. The average molecular weight is 422 g/mol. The molecule has 0 saturated carbocycles. The normalized spacial score (nSPS) is 11.6. The van der Waals surface area contributed by atoms with Crippen molar-refractivity contribution in [3.8, 4) is 22.6 Å². The van der Waals surface area contributed by atoms with Gasteiger partial charge in [-0.2, -0.15) is 0 Å². The third-order valence-electron chi connectivity index (χ3n) is 4.69. The molecule has 0 amide bonds. The summed E-state index contributed by atoms with van der Waals surface area (Å²) in [5, 5.41) is 5.18. The van der Waals surface area contributed by atoms with Gasteiger partial charge in [-0.3, -0.25) is 0 Å². The van der Waals surface area contributed by atoms with Gasteiger partial charge in [-0.1, -0.05) is 36.4 Å². The number of hydrogen-bond donors (Lipinski definition) is 1. The number of primary sulfonamides is 1. The van der Waals surface area contributed by atoms with Gasteiger partial charge in [0.25, 0.3) is 0 Å². The van der Waals surface area contributed by atoms with E-state index in [4.69, 9.17) is 9.56 Å². The zero-order valence-electron chi connectivity index (χ0n) is 16.2. The van der Waals surface area contributed by atoms with Gasteiger partial charge < -0.3 is 4.42 Å². The van der Waals surface area contributed by atoms with Crippen LogP contribution in [-0.4, -0.2) is 13.4 Å². The second kappa shape index (κ2) is 7.85. The van der Waals surface area contributed by atoms with Gasteiger partial charge in [-0.15, -0.1) is 0 Å². The van der Waals surface area contributed by atoms with Gasteiger partial charge in [0.15, 0.2) is 11.7 Å². The van der Waals surface area contributed by atoms with E-state index >= 15 is 0 Å². The minimum absolute atomic E-state index is 0.0154. The maximum Gasteiger partial charge on any atom is 0.238 e. The van der Waals surface area contributed by atoms with Crippen LogP contribution in [0.3, 0.4) is 0 Å². The Morgan fingerprint density at radius 2 is 1.70 bits per heavy atom. The lowest BCUT2D eigenvalue weighted by Gasteiger charge is -2.05. The molecule has 0 fully saturated rings. The molecule has 0 saturated heterocycles. The summed E-state index contributed by atoms with van der Waals surface area (Å²) in [6.07, 6.45) is 0.441. The van der Waals surface area contributed by atoms with E-state index in [0.717, 1.165) is 11.1 Å². The maximum atomic E-state index is 14.7. The van der Waals surface area contributed by atoms with Crippen LogP contribution in [0.4, 0.5) is 4.39 Å². The summed E-state index contributed by atoms with van der Waals surface area (Å²) in [4.78, 5) is 4.55. The highest BCUT2D eigenvalue weighted by Gasteiger charge is 2.20. The smallest absolute Gasteiger partial charge is 0.238 e. The van der Waals surface area contributed by atoms with Crippen LogP contribution in [-0.2, 0) is 16.4 Å². The molecule has 0 atom stereocenters. The second-order valence-electron chi connectivity index (χ2n) is 7.00. The van der Waals surface area contributed by atoms with Gasteiger partial charge in [-0.05, 0) is 54.4 Å². The Bertz CT molecular complexity index is 1300. The van der Waals surface area contributed by atoms with Crippen LogP contribution in [0.1, 0.15) is 17.0 Å². The van der Waals surface area contributed by atoms with Crippen LogP contribution in [0.15, 0.2) is 82.1 Å². The second-order valence-corrected chi connectivity index (χ2v) is 8.56. The maximum absolute atomic E-state index is 14.7. The molecule has 0 aliphatic rings. The van der Waals surface area contributed by atoms with Crippen molar-refractivity contribution < 1.29 is 17.2 Å². The number of oxazole rings is 1. The SMILES string of the molecule is Cc1ccc(-c2nc(Cc3ccccc3)oc2-c2ccc(S(N)(=O)=O)cc2)c(F)c1. The number of aryl methyl sites for hydroxylation is 1. The highest BCUT2D eigenvalue weighted by atomic mass is 32.2. The number of nitrogens with zero attached hydrogens (tertiary/aromatic N) is 1. The van der Waals surface area contributed by atoms with Crippen molar-refractivity contribution in [2.75, 3.05) is 0 Å². The molecule has 7 heteroatoms. The molecule has 2 N–H and O–H groups in total. The van der Waals surface area contributed by atoms with Crippen molar-refractivity contribution in [3.05, 3.63) is 95.6 Å². The first-order valence-corrected chi connectivity index (χ1v) is 10.8. The average Bonchev–Trinajstić information content (AvgIpc) is 3.11. The number of sulfonamides is 1. The van der Waals surface area contributed by atoms with Crippen molar-refractivity contribution in [1.82, 2.24) is 4.98 Å². The summed E-state index contributed by atoms with van der Waals surface area (Å²) in [7, 11) is -3.82. The number of nitrogens with two attached hydrogens (primary N) is 1. The van der Waals surface area contributed by atoms with E-state index in [1.807, 2.05) is 37.3 Å². The number of rotatable bonds is 5. The molecule has 1 aromatic heterocycles. The first kappa shape index (κ1) is 20.0. The lowest BCUT2D eigenvalue weighted by molar-refractivity contribution is 0.519. The Labute approximate surface area is 174 Å². The van der Waals surface area contributed by atoms with Gasteiger partial charge in [0.05, 0.1) is 4.90 Å². The third kappa shape index (κ3) is 4.17. The number of aromatic nitrogens is 1. The number of benzene rings is 3. The molecule has 0 aliphatic carbocycles. The fourth-order valence-electron chi connectivity index (χ4n) is 3.20. The summed E-state index contributed by atoms with van der Waals surface area (Å²) in [6.45, 7) is 1.81. The molecular weight excluding hydrogens is 403 g/mol. The van der Waals surface area contributed by atoms with E-state index in [9.17, 15) is 12.8 Å². The van der Waals surface area contributed by atoms with E-state index < -0.39 is 15.8 Å². The first-order valence-electron chi connectivity index (χ1n) is 9.24. The van der Waals surface area contributed by atoms with Gasteiger partial charge >= 0.3 is 0 Å². The van der Waals surface area contributed by atoms with Crippen LogP contribution in [0.25, 0.3) is 22.6 Å². The molecule has 4 rings (SSSR count). The van der Waals surface area contributed by atoms with Crippen LogP contribution in [0, 0.1) is 12.7 Å². The first-order chi connectivity index (χ1) is 14.3. The van der Waals surface area contributed by atoms with Crippen molar-refractivity contribution in [1.29, 1.82) is 0 Å². The fourth-order valence-corrected chi connectivity index (χ4v) is 3.71. The molecule has 4 aromatic rings. The predicted molar refractivity (Wildman–Crippen MR) is 113 cm³/mol. The van der Waals surface area contributed by atoms with Crippen molar-refractivity contribution in [2.24, 2.45) is 5.14 Å². The van der Waals surface area contributed by atoms with E-state index in [1.54, 1.807) is 24.3 Å². The quantitative estimate of drug-likeness (QED) is 0.505. The molecule has 0 radical (unpaired) electrons. The third-order valence-corrected chi connectivity index (χ3v) is 5.62.